The molecule has 0 atom stereocenters. The number of hydrogen-bond donors (Lipinski definition) is 1. The van der Waals surface area contributed by atoms with Crippen molar-refractivity contribution in [2.45, 2.75) is 13.0 Å². The molecule has 0 aliphatic carbocycles. The summed E-state index contributed by atoms with van der Waals surface area (Å²) in [7, 11) is 3.08. The molecule has 0 aromatic rings. The number of rotatable bonds is 4. The smallest absolute Gasteiger partial charge is 0.208 e. The molecule has 0 amide bonds. The van der Waals surface area contributed by atoms with Gasteiger partial charge in [-0.3, -0.25) is 4.98 Å². The molecule has 0 aliphatic rings. The van der Waals surface area contributed by atoms with Crippen LogP contribution in [0.1, 0.15) is 0 Å². The lowest BCUT2D eigenvalue weighted by atomic mass is 11.1. The number of methoxy groups -OCH3 is 2. The van der Waals surface area contributed by atoms with Crippen LogP contribution in [0, 0.1) is 0 Å². The van der Waals surface area contributed by atoms with Crippen molar-refractivity contribution in [3.63, 3.8) is 0 Å². The molecule has 8 heavy (non-hydrogen) atoms. The van der Waals surface area contributed by atoms with E-state index < -0.39 is 0 Å². The van der Waals surface area contributed by atoms with E-state index >= 15 is 0 Å². The summed E-state index contributed by atoms with van der Waals surface area (Å²) in [6.45, 7) is 2.13. The Labute approximate surface area is 52.3 Å². The van der Waals surface area contributed by atoms with E-state index in [9.17, 15) is 0 Å². The molecular weight excluding hydrogens is 122 g/mol. The zero-order valence-electron chi connectivity index (χ0n) is 5.60. The summed E-state index contributed by atoms with van der Waals surface area (Å²) < 4.78 is 9.68. The van der Waals surface area contributed by atoms with Crippen LogP contribution in [0.25, 0.3) is 0 Å². The molecule has 0 aliphatic heterocycles. The fourth-order valence-corrected chi connectivity index (χ4v) is 1.10. The Morgan fingerprint density at radius 2 is 1.88 bits per heavy atom. The highest BCUT2D eigenvalue weighted by Gasteiger charge is 1.97. The monoisotopic (exact) mass is 135 g/mol. The van der Waals surface area contributed by atoms with Gasteiger partial charge in [0, 0.05) is 14.2 Å². The summed E-state index contributed by atoms with van der Waals surface area (Å²) in [4.78, 5) is 3.08. The molecule has 0 saturated heterocycles. The number of nitrogens with one attached hydrogen (secondary N) is 1. The number of ether oxygens (including phenoxy) is 2. The molecule has 0 spiro atoms. The second-order valence-corrected chi connectivity index (χ2v) is 2.48. The van der Waals surface area contributed by atoms with Gasteiger partial charge in [-0.2, -0.15) is 0 Å². The molecule has 1 N–H and O–H groups in total. The van der Waals surface area contributed by atoms with Crippen LogP contribution in [-0.2, 0) is 9.47 Å². The molecule has 0 heterocycles. The molecule has 0 radical (unpaired) electrons. The van der Waals surface area contributed by atoms with Gasteiger partial charge < -0.3 is 9.47 Å². The minimum Gasteiger partial charge on any atom is -0.344 e. The van der Waals surface area contributed by atoms with Gasteiger partial charge in [-0.15, -0.1) is 0 Å². The third kappa shape index (κ3) is 3.14. The number of hydrogen-bond acceptors (Lipinski definition) is 3. The third-order valence-corrected chi connectivity index (χ3v) is 1.54. The quantitative estimate of drug-likeness (QED) is 0.408. The first-order valence-corrected chi connectivity index (χ1v) is 4.76. The molecule has 0 bridgehead atoms. The maximum Gasteiger partial charge on any atom is 0.208 e. The summed E-state index contributed by atoms with van der Waals surface area (Å²) in [5, 5.41) is 0. The largest absolute Gasteiger partial charge is 0.344 e. The highest BCUT2D eigenvalue weighted by atomic mass is 28.2. The average molecular weight is 135 g/mol. The van der Waals surface area contributed by atoms with E-state index in [2.05, 4.69) is 11.5 Å². The van der Waals surface area contributed by atoms with E-state index in [-0.39, 0.29) is 16.1 Å². The van der Waals surface area contributed by atoms with Crippen molar-refractivity contribution >= 4 is 9.68 Å². The maximum atomic E-state index is 4.84. The molecule has 0 fully saturated rings. The van der Waals surface area contributed by atoms with Gasteiger partial charge in [-0.25, -0.2) is 0 Å². The standard InChI is InChI=1S/C4H13NO2Si/c1-6-4(7-2)5-8-3/h4-5H,8H2,1-3H3. The van der Waals surface area contributed by atoms with Crippen LogP contribution >= 0.6 is 0 Å². The fraction of sp³-hybridized carbons (Fsp3) is 1.00. The van der Waals surface area contributed by atoms with Gasteiger partial charge in [0.1, 0.15) is 0 Å². The van der Waals surface area contributed by atoms with E-state index in [1.165, 1.54) is 0 Å². The van der Waals surface area contributed by atoms with Crippen molar-refractivity contribution < 1.29 is 9.47 Å². The van der Waals surface area contributed by atoms with Crippen LogP contribution in [0.3, 0.4) is 0 Å². The Bertz CT molecular complexity index is 49.3. The van der Waals surface area contributed by atoms with Crippen LogP contribution in [0.2, 0.25) is 6.55 Å². The van der Waals surface area contributed by atoms with Crippen molar-refractivity contribution in [3.8, 4) is 0 Å². The summed E-state index contributed by atoms with van der Waals surface area (Å²) in [5.74, 6) is 0. The minimum atomic E-state index is -0.188. The molecular formula is C4H13NO2Si. The summed E-state index contributed by atoms with van der Waals surface area (Å²) in [6.07, 6.45) is -0.188. The molecule has 4 heteroatoms. The topological polar surface area (TPSA) is 30.5 Å². The van der Waals surface area contributed by atoms with E-state index in [1.807, 2.05) is 0 Å². The molecule has 0 aromatic carbocycles. The molecule has 0 unspecified atom stereocenters. The summed E-state index contributed by atoms with van der Waals surface area (Å²) >= 11 is 0. The van der Waals surface area contributed by atoms with E-state index in [0.717, 1.165) is 0 Å². The first-order chi connectivity index (χ1) is 3.85. The van der Waals surface area contributed by atoms with Crippen LogP contribution in [0.5, 0.6) is 0 Å². The third-order valence-electron chi connectivity index (χ3n) is 0.799. The summed E-state index contributed by atoms with van der Waals surface area (Å²) in [5.41, 5.74) is 0. The second-order valence-electron chi connectivity index (χ2n) is 1.36. The van der Waals surface area contributed by atoms with Gasteiger partial charge in [-0.1, -0.05) is 6.55 Å². The van der Waals surface area contributed by atoms with Gasteiger partial charge in [0.2, 0.25) is 6.41 Å². The maximum absolute atomic E-state index is 4.84. The van der Waals surface area contributed by atoms with Crippen LogP contribution in [-0.4, -0.2) is 30.3 Å². The van der Waals surface area contributed by atoms with Crippen molar-refractivity contribution in [2.24, 2.45) is 0 Å². The van der Waals surface area contributed by atoms with E-state index in [0.29, 0.717) is 0 Å². The SMILES string of the molecule is COC(N[SiH2]C)OC. The van der Waals surface area contributed by atoms with E-state index in [4.69, 9.17) is 9.47 Å². The highest BCUT2D eigenvalue weighted by Crippen LogP contribution is 1.80. The van der Waals surface area contributed by atoms with Crippen molar-refractivity contribution in [3.05, 3.63) is 0 Å². The first-order valence-electron chi connectivity index (χ1n) is 2.64. The van der Waals surface area contributed by atoms with Crippen LogP contribution in [0.15, 0.2) is 0 Å². The van der Waals surface area contributed by atoms with Crippen molar-refractivity contribution in [2.75, 3.05) is 14.2 Å². The normalized spacial score (nSPS) is 12.0. The Balaban J connectivity index is 3.07. The van der Waals surface area contributed by atoms with Crippen LogP contribution in [0.4, 0.5) is 0 Å². The molecule has 50 valence electrons. The Hall–Kier alpha value is 0.0969. The molecule has 0 aromatic heterocycles. The average Bonchev–Trinajstić information content (AvgIpc) is 1.83. The Kier molecular flexibility index (Phi) is 5.30. The highest BCUT2D eigenvalue weighted by molar-refractivity contribution is 6.29. The minimum absolute atomic E-state index is 0.155. The summed E-state index contributed by atoms with van der Waals surface area (Å²) in [6, 6.07) is 0. The van der Waals surface area contributed by atoms with Crippen molar-refractivity contribution in [1.29, 1.82) is 0 Å². The van der Waals surface area contributed by atoms with Crippen LogP contribution < -0.4 is 4.98 Å². The Morgan fingerprint density at radius 3 is 2.00 bits per heavy atom. The van der Waals surface area contributed by atoms with Gasteiger partial charge >= 0.3 is 0 Å². The Morgan fingerprint density at radius 1 is 1.38 bits per heavy atom. The lowest BCUT2D eigenvalue weighted by molar-refractivity contribution is -0.109. The zero-order valence-corrected chi connectivity index (χ0v) is 7.02. The van der Waals surface area contributed by atoms with Crippen molar-refractivity contribution in [1.82, 2.24) is 4.98 Å². The predicted molar refractivity (Wildman–Crippen MR) is 35.3 cm³/mol. The predicted octanol–water partition coefficient (Wildman–Crippen LogP) is -0.716. The van der Waals surface area contributed by atoms with Gasteiger partial charge in [-0.05, 0) is 0 Å². The lowest BCUT2D eigenvalue weighted by Gasteiger charge is -2.12. The van der Waals surface area contributed by atoms with Gasteiger partial charge in [0.25, 0.3) is 0 Å². The lowest BCUT2D eigenvalue weighted by Crippen LogP contribution is -2.33. The fourth-order valence-electron chi connectivity index (χ4n) is 0.430. The second kappa shape index (κ2) is 5.24. The van der Waals surface area contributed by atoms with Gasteiger partial charge in [0.15, 0.2) is 0 Å². The molecule has 3 nitrogen and oxygen atoms in total. The molecule has 0 saturated carbocycles. The van der Waals surface area contributed by atoms with Gasteiger partial charge in [0.05, 0.1) is 9.68 Å². The first kappa shape index (κ1) is 8.10. The van der Waals surface area contributed by atoms with E-state index in [1.54, 1.807) is 14.2 Å². The zero-order chi connectivity index (χ0) is 6.41. The molecule has 0 rings (SSSR count).